The summed E-state index contributed by atoms with van der Waals surface area (Å²) in [5, 5.41) is 12.3. The van der Waals surface area contributed by atoms with Gasteiger partial charge < -0.3 is 5.32 Å². The van der Waals surface area contributed by atoms with E-state index in [1.165, 1.54) is 5.56 Å². The van der Waals surface area contributed by atoms with Crippen molar-refractivity contribution < 1.29 is 0 Å². The van der Waals surface area contributed by atoms with Gasteiger partial charge >= 0.3 is 0 Å². The number of aromatic nitrogens is 4. The van der Waals surface area contributed by atoms with Crippen LogP contribution >= 0.6 is 0 Å². The zero-order valence-electron chi connectivity index (χ0n) is 11.5. The average Bonchev–Trinajstić information content (AvgIpc) is 2.93. The Balaban J connectivity index is 2.01. The summed E-state index contributed by atoms with van der Waals surface area (Å²) in [6.45, 7) is 10.0. The third-order valence-corrected chi connectivity index (χ3v) is 2.90. The van der Waals surface area contributed by atoms with Crippen molar-refractivity contribution in [1.29, 1.82) is 0 Å². The number of nitrogens with zero attached hydrogens (tertiary/aromatic N) is 4. The van der Waals surface area contributed by atoms with Crippen molar-refractivity contribution in [2.45, 2.75) is 46.8 Å². The summed E-state index contributed by atoms with van der Waals surface area (Å²) in [6, 6.07) is 2.42. The van der Waals surface area contributed by atoms with E-state index >= 15 is 0 Å². The van der Waals surface area contributed by atoms with Crippen LogP contribution < -0.4 is 5.32 Å². The molecular weight excluding hydrogens is 226 g/mol. The molecule has 5 heteroatoms. The van der Waals surface area contributed by atoms with E-state index in [4.69, 9.17) is 0 Å². The van der Waals surface area contributed by atoms with Crippen molar-refractivity contribution in [3.05, 3.63) is 29.7 Å². The smallest absolute Gasteiger partial charge is 0.151 e. The summed E-state index contributed by atoms with van der Waals surface area (Å²) in [7, 11) is 0. The monoisotopic (exact) mass is 247 g/mol. The minimum atomic E-state index is 0.388. The Kier molecular flexibility index (Phi) is 3.69. The second-order valence-corrected chi connectivity index (χ2v) is 4.75. The maximum Gasteiger partial charge on any atom is 0.151 e. The second kappa shape index (κ2) is 5.25. The van der Waals surface area contributed by atoms with Crippen molar-refractivity contribution in [2.24, 2.45) is 0 Å². The minimum absolute atomic E-state index is 0.388. The van der Waals surface area contributed by atoms with Crippen LogP contribution in [0.5, 0.6) is 0 Å². The Labute approximate surface area is 108 Å². The minimum Gasteiger partial charge on any atom is -0.363 e. The number of rotatable bonds is 5. The maximum absolute atomic E-state index is 4.52. The molecule has 0 saturated heterocycles. The van der Waals surface area contributed by atoms with Crippen molar-refractivity contribution in [3.8, 4) is 0 Å². The molecule has 0 aliphatic carbocycles. The summed E-state index contributed by atoms with van der Waals surface area (Å²) >= 11 is 0. The molecule has 0 amide bonds. The molecule has 0 spiro atoms. The van der Waals surface area contributed by atoms with Gasteiger partial charge in [-0.1, -0.05) is 0 Å². The van der Waals surface area contributed by atoms with E-state index in [1.54, 1.807) is 0 Å². The summed E-state index contributed by atoms with van der Waals surface area (Å²) in [6.07, 6.45) is 4.06. The normalized spacial score (nSPS) is 11.2. The number of anilines is 1. The van der Waals surface area contributed by atoms with Crippen LogP contribution in [0.15, 0.2) is 18.5 Å². The van der Waals surface area contributed by atoms with Crippen LogP contribution in [-0.2, 0) is 13.1 Å². The van der Waals surface area contributed by atoms with E-state index in [0.29, 0.717) is 12.6 Å². The first-order chi connectivity index (χ1) is 8.60. The van der Waals surface area contributed by atoms with Gasteiger partial charge in [-0.25, -0.2) is 0 Å². The predicted octanol–water partition coefficient (Wildman–Crippen LogP) is 2.60. The molecule has 0 radical (unpaired) electrons. The van der Waals surface area contributed by atoms with Gasteiger partial charge in [0.1, 0.15) is 0 Å². The lowest BCUT2D eigenvalue weighted by Crippen LogP contribution is -2.05. The molecule has 0 unspecified atom stereocenters. The lowest BCUT2D eigenvalue weighted by atomic mass is 10.3. The van der Waals surface area contributed by atoms with Crippen molar-refractivity contribution in [3.63, 3.8) is 0 Å². The van der Waals surface area contributed by atoms with E-state index in [2.05, 4.69) is 49.4 Å². The number of nitrogens with one attached hydrogen (secondary N) is 1. The van der Waals surface area contributed by atoms with Gasteiger partial charge in [0.15, 0.2) is 5.82 Å². The zero-order valence-corrected chi connectivity index (χ0v) is 11.5. The highest BCUT2D eigenvalue weighted by molar-refractivity contribution is 5.42. The number of aryl methyl sites for hydroxylation is 2. The van der Waals surface area contributed by atoms with Gasteiger partial charge in [0, 0.05) is 30.5 Å². The van der Waals surface area contributed by atoms with Gasteiger partial charge in [-0.15, -0.1) is 0 Å². The molecule has 0 fully saturated rings. The lowest BCUT2D eigenvalue weighted by Gasteiger charge is -2.04. The van der Waals surface area contributed by atoms with Crippen LogP contribution in [0.1, 0.15) is 38.1 Å². The topological polar surface area (TPSA) is 47.7 Å². The predicted molar refractivity (Wildman–Crippen MR) is 72.6 cm³/mol. The Morgan fingerprint density at radius 1 is 1.33 bits per heavy atom. The van der Waals surface area contributed by atoms with Gasteiger partial charge in [0.25, 0.3) is 0 Å². The quantitative estimate of drug-likeness (QED) is 0.883. The highest BCUT2D eigenvalue weighted by atomic mass is 15.3. The first-order valence-electron chi connectivity index (χ1n) is 6.42. The molecule has 2 heterocycles. The first kappa shape index (κ1) is 12.7. The molecule has 0 saturated carbocycles. The third-order valence-electron chi connectivity index (χ3n) is 2.90. The summed E-state index contributed by atoms with van der Waals surface area (Å²) in [5.74, 6) is 0.940. The molecule has 0 aliphatic rings. The Morgan fingerprint density at radius 3 is 2.67 bits per heavy atom. The second-order valence-electron chi connectivity index (χ2n) is 4.75. The first-order valence-corrected chi connectivity index (χ1v) is 6.42. The lowest BCUT2D eigenvalue weighted by molar-refractivity contribution is 0.533. The molecule has 98 valence electrons. The molecule has 5 nitrogen and oxygen atoms in total. The van der Waals surface area contributed by atoms with Crippen LogP contribution in [-0.4, -0.2) is 19.6 Å². The van der Waals surface area contributed by atoms with E-state index in [0.717, 1.165) is 18.1 Å². The highest BCUT2D eigenvalue weighted by Crippen LogP contribution is 2.15. The fourth-order valence-electron chi connectivity index (χ4n) is 1.77. The molecule has 1 N–H and O–H groups in total. The summed E-state index contributed by atoms with van der Waals surface area (Å²) < 4.78 is 3.90. The fourth-order valence-corrected chi connectivity index (χ4v) is 1.77. The Bertz CT molecular complexity index is 509. The summed E-state index contributed by atoms with van der Waals surface area (Å²) in [5.41, 5.74) is 2.20. The van der Waals surface area contributed by atoms with E-state index in [9.17, 15) is 0 Å². The molecular formula is C13H21N5. The van der Waals surface area contributed by atoms with Crippen LogP contribution in [0.25, 0.3) is 0 Å². The largest absolute Gasteiger partial charge is 0.363 e. The van der Waals surface area contributed by atoms with Crippen LogP contribution in [0.2, 0.25) is 0 Å². The van der Waals surface area contributed by atoms with Crippen LogP contribution in [0, 0.1) is 6.92 Å². The SMILES string of the molecule is CCn1ccc(CNc2nn(C(C)C)cc2C)n1. The van der Waals surface area contributed by atoms with Crippen molar-refractivity contribution in [2.75, 3.05) is 5.32 Å². The Hall–Kier alpha value is -1.78. The van der Waals surface area contributed by atoms with Crippen LogP contribution in [0.4, 0.5) is 5.82 Å². The molecule has 2 aromatic rings. The number of hydrogen-bond acceptors (Lipinski definition) is 3. The van der Waals surface area contributed by atoms with Gasteiger partial charge in [-0.05, 0) is 33.8 Å². The molecule has 0 atom stereocenters. The average molecular weight is 247 g/mol. The fraction of sp³-hybridized carbons (Fsp3) is 0.538. The van der Waals surface area contributed by atoms with Crippen LogP contribution in [0.3, 0.4) is 0 Å². The third kappa shape index (κ3) is 2.72. The summed E-state index contributed by atoms with van der Waals surface area (Å²) in [4.78, 5) is 0. The maximum atomic E-state index is 4.52. The van der Waals surface area contributed by atoms with Crippen molar-refractivity contribution in [1.82, 2.24) is 19.6 Å². The molecule has 18 heavy (non-hydrogen) atoms. The van der Waals surface area contributed by atoms with E-state index in [-0.39, 0.29) is 0 Å². The van der Waals surface area contributed by atoms with Gasteiger partial charge in [-0.3, -0.25) is 9.36 Å². The number of hydrogen-bond donors (Lipinski definition) is 1. The molecule has 0 bridgehead atoms. The van der Waals surface area contributed by atoms with Gasteiger partial charge in [0.05, 0.1) is 12.2 Å². The Morgan fingerprint density at radius 2 is 2.11 bits per heavy atom. The molecule has 2 aromatic heterocycles. The molecule has 0 aromatic carbocycles. The van der Waals surface area contributed by atoms with E-state index in [1.807, 2.05) is 21.6 Å². The van der Waals surface area contributed by atoms with Gasteiger partial charge in [0.2, 0.25) is 0 Å². The van der Waals surface area contributed by atoms with E-state index < -0.39 is 0 Å². The standard InChI is InChI=1S/C13H21N5/c1-5-17-7-6-12(15-17)8-14-13-11(4)9-18(16-13)10(2)3/h6-7,9-10H,5,8H2,1-4H3,(H,14,16). The molecule has 0 aliphatic heterocycles. The zero-order chi connectivity index (χ0) is 13.1. The highest BCUT2D eigenvalue weighted by Gasteiger charge is 2.07. The van der Waals surface area contributed by atoms with Gasteiger partial charge in [-0.2, -0.15) is 10.2 Å². The van der Waals surface area contributed by atoms with Crippen molar-refractivity contribution >= 4 is 5.82 Å². The molecule has 2 rings (SSSR count).